The Hall–Kier alpha value is -2.55. The zero-order valence-corrected chi connectivity index (χ0v) is 21.3. The molecule has 31 heavy (non-hydrogen) atoms. The van der Waals surface area contributed by atoms with Gasteiger partial charge in [-0.2, -0.15) is 0 Å². The van der Waals surface area contributed by atoms with Crippen LogP contribution >= 0.6 is 8.20 Å². The molecule has 0 aliphatic carbocycles. The Bertz CT molecular complexity index is 852. The summed E-state index contributed by atoms with van der Waals surface area (Å²) in [5, 5.41) is 5.83. The number of aryl methyl sites for hydroxylation is 1. The summed E-state index contributed by atoms with van der Waals surface area (Å²) in [6.07, 6.45) is 18.7. The van der Waals surface area contributed by atoms with Gasteiger partial charge in [0.05, 0.1) is 0 Å². The standard InChI is InChI=1S/C22H26NP.C5H12.C2H2/c1-7-20(12-15(2)3)22-13-21(18(6)24-22)17(5)23-14-19-10-8-16(4)9-11-19;1-3-5-4-2;1-2/h7-13,23H,5-6,14H2,1-4H3;3-5H2,1-2H3;1-2H/b20-7+;;. The lowest BCUT2D eigenvalue weighted by atomic mass is 10.1. The predicted octanol–water partition coefficient (Wildman–Crippen LogP) is 8.53. The molecule has 1 heterocycles. The van der Waals surface area contributed by atoms with Crippen molar-refractivity contribution in [1.82, 2.24) is 5.32 Å². The molecule has 2 heteroatoms. The number of benzene rings is 1. The summed E-state index contributed by atoms with van der Waals surface area (Å²) in [6.45, 7) is 22.1. The molecule has 0 spiro atoms. The van der Waals surface area contributed by atoms with Gasteiger partial charge in [-0.05, 0) is 44.9 Å². The number of hydrogen-bond donors (Lipinski definition) is 1. The highest BCUT2D eigenvalue weighted by Gasteiger charge is 2.16. The molecule has 0 radical (unpaired) electrons. The van der Waals surface area contributed by atoms with Crippen molar-refractivity contribution in [2.45, 2.75) is 67.3 Å². The van der Waals surface area contributed by atoms with Gasteiger partial charge in [0.15, 0.2) is 0 Å². The molecule has 0 aromatic heterocycles. The maximum Gasteiger partial charge on any atom is 0.0400 e. The largest absolute Gasteiger partial charge is 0.381 e. The lowest BCUT2D eigenvalue weighted by Crippen LogP contribution is -2.13. The Balaban J connectivity index is 0.00000113. The van der Waals surface area contributed by atoms with Crippen LogP contribution in [0.4, 0.5) is 0 Å². The summed E-state index contributed by atoms with van der Waals surface area (Å²) in [5.41, 5.74) is 7.16. The van der Waals surface area contributed by atoms with Gasteiger partial charge in [0.1, 0.15) is 0 Å². The maximum absolute atomic E-state index is 4.22. The van der Waals surface area contributed by atoms with E-state index in [9.17, 15) is 0 Å². The zero-order valence-electron chi connectivity index (χ0n) is 20.4. The molecule has 1 nitrogen and oxygen atoms in total. The van der Waals surface area contributed by atoms with E-state index in [2.05, 4.69) is 115 Å². The Labute approximate surface area is 193 Å². The van der Waals surface area contributed by atoms with E-state index in [1.54, 1.807) is 0 Å². The molecule has 0 amide bonds. The molecule has 0 bridgehead atoms. The number of allylic oxidation sites excluding steroid dienone is 6. The third-order valence-corrected chi connectivity index (χ3v) is 5.70. The number of terminal acetylenes is 1. The normalized spacial score (nSPS) is 12.9. The highest BCUT2D eigenvalue weighted by atomic mass is 31.1. The second-order valence-electron chi connectivity index (χ2n) is 7.64. The molecule has 1 aliphatic rings. The van der Waals surface area contributed by atoms with E-state index >= 15 is 0 Å². The van der Waals surface area contributed by atoms with Crippen molar-refractivity contribution < 1.29 is 0 Å². The summed E-state index contributed by atoms with van der Waals surface area (Å²) < 4.78 is 0. The van der Waals surface area contributed by atoms with Crippen LogP contribution in [-0.4, -0.2) is 5.29 Å². The van der Waals surface area contributed by atoms with Gasteiger partial charge in [0.25, 0.3) is 0 Å². The molecule has 1 aliphatic heterocycles. The minimum absolute atomic E-state index is 0.778. The minimum Gasteiger partial charge on any atom is -0.381 e. The van der Waals surface area contributed by atoms with Gasteiger partial charge in [-0.1, -0.05) is 102 Å². The number of hydrogen-bond acceptors (Lipinski definition) is 1. The van der Waals surface area contributed by atoms with Crippen LogP contribution in [0.15, 0.2) is 83.4 Å². The van der Waals surface area contributed by atoms with Crippen LogP contribution in [0.3, 0.4) is 0 Å². The smallest absolute Gasteiger partial charge is 0.0400 e. The van der Waals surface area contributed by atoms with Gasteiger partial charge in [-0.15, -0.1) is 12.8 Å². The van der Waals surface area contributed by atoms with Crippen molar-refractivity contribution >= 4 is 13.5 Å². The molecule has 0 atom stereocenters. The fraction of sp³-hybridized carbons (Fsp3) is 0.345. The Kier molecular flexibility index (Phi) is 14.9. The van der Waals surface area contributed by atoms with Crippen molar-refractivity contribution in [2.24, 2.45) is 0 Å². The molecule has 1 aromatic carbocycles. The summed E-state index contributed by atoms with van der Waals surface area (Å²) in [7, 11) is 1.17. The van der Waals surface area contributed by atoms with E-state index in [1.165, 1.54) is 55.0 Å². The number of unbranched alkanes of at least 4 members (excludes halogenated alkanes) is 2. The Morgan fingerprint density at radius 1 is 1.10 bits per heavy atom. The number of rotatable bonds is 8. The highest BCUT2D eigenvalue weighted by molar-refractivity contribution is 7.47. The van der Waals surface area contributed by atoms with Crippen LogP contribution in [0.2, 0.25) is 0 Å². The Morgan fingerprint density at radius 2 is 1.68 bits per heavy atom. The molecule has 0 unspecified atom stereocenters. The minimum atomic E-state index is 0.778. The lowest BCUT2D eigenvalue weighted by Gasteiger charge is -2.11. The van der Waals surface area contributed by atoms with Gasteiger partial charge in [0, 0.05) is 28.4 Å². The SMILES string of the molecule is C#C.C=C(NCc1ccc(C)cc1)C1=CC(/C(C=C(C)C)=C/C)=PC1=C.CCCCC. The van der Waals surface area contributed by atoms with Crippen molar-refractivity contribution in [3.05, 3.63) is 94.5 Å². The molecule has 1 N–H and O–H groups in total. The fourth-order valence-electron chi connectivity index (χ4n) is 2.85. The van der Waals surface area contributed by atoms with Crippen LogP contribution in [0, 0.1) is 19.8 Å². The van der Waals surface area contributed by atoms with Gasteiger partial charge < -0.3 is 5.32 Å². The van der Waals surface area contributed by atoms with Crippen LogP contribution in [-0.2, 0) is 6.54 Å². The molecule has 166 valence electrons. The third kappa shape index (κ3) is 10.9. The Morgan fingerprint density at radius 3 is 2.13 bits per heavy atom. The average molecular weight is 434 g/mol. The first-order chi connectivity index (χ1) is 14.8. The van der Waals surface area contributed by atoms with Crippen LogP contribution in [0.25, 0.3) is 0 Å². The summed E-state index contributed by atoms with van der Waals surface area (Å²) in [6, 6.07) is 8.57. The van der Waals surface area contributed by atoms with E-state index in [-0.39, 0.29) is 0 Å². The molecular formula is C29H40NP. The van der Waals surface area contributed by atoms with E-state index in [4.69, 9.17) is 0 Å². The van der Waals surface area contributed by atoms with Gasteiger partial charge >= 0.3 is 0 Å². The second-order valence-corrected chi connectivity index (χ2v) is 8.88. The molecule has 2 rings (SSSR count). The fourth-order valence-corrected chi connectivity index (χ4v) is 3.97. The average Bonchev–Trinajstić information content (AvgIpc) is 3.15. The zero-order chi connectivity index (χ0) is 23.8. The predicted molar refractivity (Wildman–Crippen MR) is 145 cm³/mol. The molecule has 0 saturated carbocycles. The first-order valence-corrected chi connectivity index (χ1v) is 11.8. The van der Waals surface area contributed by atoms with Crippen molar-refractivity contribution in [3.63, 3.8) is 0 Å². The first kappa shape index (κ1) is 28.5. The quantitative estimate of drug-likeness (QED) is 0.246. The summed E-state index contributed by atoms with van der Waals surface area (Å²) in [5.74, 6) is 0. The van der Waals surface area contributed by atoms with Crippen LogP contribution in [0.1, 0.15) is 65.0 Å². The third-order valence-electron chi connectivity index (χ3n) is 4.56. The number of nitrogens with one attached hydrogen (secondary N) is 1. The van der Waals surface area contributed by atoms with Crippen LogP contribution < -0.4 is 5.32 Å². The van der Waals surface area contributed by atoms with E-state index in [0.29, 0.717) is 0 Å². The summed E-state index contributed by atoms with van der Waals surface area (Å²) in [4.78, 5) is 0. The van der Waals surface area contributed by atoms with E-state index in [0.717, 1.165) is 23.1 Å². The molecule has 0 saturated heterocycles. The first-order valence-electron chi connectivity index (χ1n) is 11.0. The van der Waals surface area contributed by atoms with Crippen molar-refractivity contribution in [3.8, 4) is 12.8 Å². The second kappa shape index (κ2) is 16.2. The van der Waals surface area contributed by atoms with Gasteiger partial charge in [-0.25, -0.2) is 0 Å². The lowest BCUT2D eigenvalue weighted by molar-refractivity contribution is 0.772. The topological polar surface area (TPSA) is 12.0 Å². The molecule has 0 fully saturated rings. The highest BCUT2D eigenvalue weighted by Crippen LogP contribution is 2.35. The summed E-state index contributed by atoms with van der Waals surface area (Å²) >= 11 is 0. The van der Waals surface area contributed by atoms with Crippen molar-refractivity contribution in [1.29, 1.82) is 0 Å². The van der Waals surface area contributed by atoms with Gasteiger partial charge in [0.2, 0.25) is 0 Å². The van der Waals surface area contributed by atoms with Crippen molar-refractivity contribution in [2.75, 3.05) is 0 Å². The maximum atomic E-state index is 4.22. The van der Waals surface area contributed by atoms with E-state index < -0.39 is 0 Å². The molecular weight excluding hydrogens is 393 g/mol. The van der Waals surface area contributed by atoms with Crippen LogP contribution in [0.5, 0.6) is 0 Å². The van der Waals surface area contributed by atoms with E-state index in [1.807, 2.05) is 0 Å². The van der Waals surface area contributed by atoms with Gasteiger partial charge in [-0.3, -0.25) is 0 Å². The monoisotopic (exact) mass is 433 g/mol. The molecule has 1 aromatic rings.